The molecule has 19 heavy (non-hydrogen) atoms. The summed E-state index contributed by atoms with van der Waals surface area (Å²) in [6.45, 7) is 0. The van der Waals surface area contributed by atoms with Crippen LogP contribution in [0.5, 0.6) is 5.75 Å². The van der Waals surface area contributed by atoms with Crippen LogP contribution in [-0.2, 0) is 6.42 Å². The molecule has 1 amide bonds. The first-order valence-corrected chi connectivity index (χ1v) is 7.26. The fourth-order valence-corrected chi connectivity index (χ4v) is 3.25. The van der Waals surface area contributed by atoms with Gasteiger partial charge >= 0.3 is 0 Å². The highest BCUT2D eigenvalue weighted by Gasteiger charge is 2.20. The second kappa shape index (κ2) is 6.29. The lowest BCUT2D eigenvalue weighted by Gasteiger charge is -2.25. The number of carbonyl (C=O) groups excluding carboxylic acids is 1. The van der Waals surface area contributed by atoms with Gasteiger partial charge in [0.05, 0.1) is 5.56 Å². The summed E-state index contributed by atoms with van der Waals surface area (Å²) < 4.78 is 0. The molecule has 3 nitrogen and oxygen atoms in total. The van der Waals surface area contributed by atoms with E-state index < -0.39 is 5.91 Å². The summed E-state index contributed by atoms with van der Waals surface area (Å²) >= 11 is 6.18. The van der Waals surface area contributed by atoms with Crippen molar-refractivity contribution in [3.63, 3.8) is 0 Å². The average molecular weight is 282 g/mol. The molecule has 2 rings (SSSR count). The molecular formula is C15H20ClNO2. The lowest BCUT2D eigenvalue weighted by molar-refractivity contribution is 0.0997. The van der Waals surface area contributed by atoms with E-state index in [4.69, 9.17) is 17.3 Å². The van der Waals surface area contributed by atoms with Crippen molar-refractivity contribution in [3.05, 3.63) is 29.3 Å². The van der Waals surface area contributed by atoms with Crippen molar-refractivity contribution in [2.45, 2.75) is 43.9 Å². The SMILES string of the molecule is NC(=O)c1cccc(CCC2CCCC(Cl)C2)c1O. The van der Waals surface area contributed by atoms with Gasteiger partial charge in [0.1, 0.15) is 5.75 Å². The zero-order valence-corrected chi connectivity index (χ0v) is 11.7. The standard InChI is InChI=1S/C15H20ClNO2/c16-12-5-1-3-10(9-12)7-8-11-4-2-6-13(14(11)18)15(17)19/h2,4,6,10,12,18H,1,3,5,7-9H2,(H2,17,19). The zero-order chi connectivity index (χ0) is 13.8. The monoisotopic (exact) mass is 281 g/mol. The van der Waals surface area contributed by atoms with Gasteiger partial charge in [0.2, 0.25) is 0 Å². The summed E-state index contributed by atoms with van der Waals surface area (Å²) in [7, 11) is 0. The van der Waals surface area contributed by atoms with Gasteiger partial charge in [0.15, 0.2) is 0 Å². The fraction of sp³-hybridized carbons (Fsp3) is 0.533. The van der Waals surface area contributed by atoms with E-state index in [2.05, 4.69) is 0 Å². The molecule has 2 atom stereocenters. The number of carbonyl (C=O) groups is 1. The van der Waals surface area contributed by atoms with E-state index in [0.29, 0.717) is 11.3 Å². The van der Waals surface area contributed by atoms with Gasteiger partial charge in [-0.2, -0.15) is 0 Å². The van der Waals surface area contributed by atoms with Crippen LogP contribution in [0, 0.1) is 5.92 Å². The van der Waals surface area contributed by atoms with Crippen LogP contribution in [0.2, 0.25) is 0 Å². The van der Waals surface area contributed by atoms with Crippen molar-refractivity contribution < 1.29 is 9.90 Å². The third-order valence-electron chi connectivity index (χ3n) is 3.93. The zero-order valence-electron chi connectivity index (χ0n) is 10.9. The molecule has 2 unspecified atom stereocenters. The molecule has 1 aliphatic rings. The quantitative estimate of drug-likeness (QED) is 0.832. The van der Waals surface area contributed by atoms with Crippen molar-refractivity contribution >= 4 is 17.5 Å². The summed E-state index contributed by atoms with van der Waals surface area (Å²) in [6, 6.07) is 5.17. The number of aromatic hydroxyl groups is 1. The number of amides is 1. The number of nitrogens with two attached hydrogens (primary N) is 1. The summed E-state index contributed by atoms with van der Waals surface area (Å²) in [4.78, 5) is 11.2. The Morgan fingerprint density at radius 3 is 2.89 bits per heavy atom. The predicted octanol–water partition coefficient (Wildman–Crippen LogP) is 3.22. The minimum Gasteiger partial charge on any atom is -0.507 e. The van der Waals surface area contributed by atoms with Crippen LogP contribution in [0.25, 0.3) is 0 Å². The molecule has 0 aliphatic heterocycles. The number of halogens is 1. The van der Waals surface area contributed by atoms with Crippen LogP contribution in [0.1, 0.15) is 48.0 Å². The first-order chi connectivity index (χ1) is 9.08. The second-order valence-electron chi connectivity index (χ2n) is 5.35. The summed E-state index contributed by atoms with van der Waals surface area (Å²) in [5, 5.41) is 10.3. The molecule has 3 N–H and O–H groups in total. The highest BCUT2D eigenvalue weighted by Crippen LogP contribution is 2.32. The number of primary amides is 1. The van der Waals surface area contributed by atoms with E-state index in [1.165, 1.54) is 12.8 Å². The van der Waals surface area contributed by atoms with Crippen molar-refractivity contribution in [2.75, 3.05) is 0 Å². The maximum Gasteiger partial charge on any atom is 0.252 e. The largest absolute Gasteiger partial charge is 0.507 e. The van der Waals surface area contributed by atoms with Gasteiger partial charge < -0.3 is 10.8 Å². The average Bonchev–Trinajstić information content (AvgIpc) is 2.37. The molecule has 1 aliphatic carbocycles. The van der Waals surface area contributed by atoms with Crippen LogP contribution in [0.15, 0.2) is 18.2 Å². The van der Waals surface area contributed by atoms with Crippen LogP contribution in [0.4, 0.5) is 0 Å². The second-order valence-corrected chi connectivity index (χ2v) is 5.96. The number of rotatable bonds is 4. The highest BCUT2D eigenvalue weighted by atomic mass is 35.5. The summed E-state index contributed by atoms with van der Waals surface area (Å²) in [5.74, 6) is 0.0685. The first kappa shape index (κ1) is 14.2. The maximum absolute atomic E-state index is 11.2. The Bertz CT molecular complexity index is 461. The van der Waals surface area contributed by atoms with E-state index in [9.17, 15) is 9.90 Å². The van der Waals surface area contributed by atoms with Gasteiger partial charge in [0, 0.05) is 5.38 Å². The van der Waals surface area contributed by atoms with Gasteiger partial charge in [-0.1, -0.05) is 25.0 Å². The number of benzene rings is 1. The van der Waals surface area contributed by atoms with Gasteiger partial charge in [-0.15, -0.1) is 11.6 Å². The molecule has 0 bridgehead atoms. The highest BCUT2D eigenvalue weighted by molar-refractivity contribution is 6.20. The minimum atomic E-state index is -0.585. The molecule has 1 saturated carbocycles. The van der Waals surface area contributed by atoms with Crippen molar-refractivity contribution in [2.24, 2.45) is 11.7 Å². The number of para-hydroxylation sites is 1. The van der Waals surface area contributed by atoms with E-state index >= 15 is 0 Å². The van der Waals surface area contributed by atoms with Crippen LogP contribution < -0.4 is 5.73 Å². The molecule has 0 spiro atoms. The van der Waals surface area contributed by atoms with Crippen molar-refractivity contribution in [1.29, 1.82) is 0 Å². The van der Waals surface area contributed by atoms with Gasteiger partial charge in [0.25, 0.3) is 5.91 Å². The Morgan fingerprint density at radius 1 is 1.42 bits per heavy atom. The number of alkyl halides is 1. The molecule has 1 aromatic carbocycles. The number of hydrogen-bond acceptors (Lipinski definition) is 2. The Kier molecular flexibility index (Phi) is 4.70. The minimum absolute atomic E-state index is 0.0354. The van der Waals surface area contributed by atoms with Crippen molar-refractivity contribution in [1.82, 2.24) is 0 Å². The van der Waals surface area contributed by atoms with Crippen LogP contribution in [0.3, 0.4) is 0 Å². The van der Waals surface area contributed by atoms with Crippen molar-refractivity contribution in [3.8, 4) is 5.75 Å². The Balaban J connectivity index is 1.99. The normalized spacial score (nSPS) is 23.2. The molecule has 0 heterocycles. The van der Waals surface area contributed by atoms with Crippen LogP contribution in [-0.4, -0.2) is 16.4 Å². The number of phenols is 1. The lowest BCUT2D eigenvalue weighted by atomic mass is 9.84. The molecule has 4 heteroatoms. The molecular weight excluding hydrogens is 262 g/mol. The first-order valence-electron chi connectivity index (χ1n) is 6.82. The van der Waals surface area contributed by atoms with E-state index in [1.807, 2.05) is 6.07 Å². The van der Waals surface area contributed by atoms with Gasteiger partial charge in [-0.3, -0.25) is 4.79 Å². The van der Waals surface area contributed by atoms with E-state index in [0.717, 1.165) is 31.2 Å². The lowest BCUT2D eigenvalue weighted by Crippen LogP contribution is -2.16. The van der Waals surface area contributed by atoms with E-state index in [-0.39, 0.29) is 11.3 Å². The smallest absolute Gasteiger partial charge is 0.252 e. The molecule has 0 radical (unpaired) electrons. The van der Waals surface area contributed by atoms with Gasteiger partial charge in [-0.05, 0) is 43.2 Å². The third-order valence-corrected chi connectivity index (χ3v) is 4.32. The number of aryl methyl sites for hydroxylation is 1. The number of hydrogen-bond donors (Lipinski definition) is 2. The summed E-state index contributed by atoms with van der Waals surface area (Å²) in [6.07, 6.45) is 6.32. The molecule has 0 aromatic heterocycles. The van der Waals surface area contributed by atoms with E-state index in [1.54, 1.807) is 12.1 Å². The maximum atomic E-state index is 11.2. The van der Waals surface area contributed by atoms with Crippen LogP contribution >= 0.6 is 11.6 Å². The molecule has 0 saturated heterocycles. The summed E-state index contributed by atoms with van der Waals surface area (Å²) in [5.41, 5.74) is 6.23. The Morgan fingerprint density at radius 2 is 2.21 bits per heavy atom. The fourth-order valence-electron chi connectivity index (χ4n) is 2.84. The molecule has 1 aromatic rings. The predicted molar refractivity (Wildman–Crippen MR) is 76.5 cm³/mol. The third kappa shape index (κ3) is 3.63. The Labute approximate surface area is 118 Å². The Hall–Kier alpha value is -1.22. The molecule has 1 fully saturated rings. The molecule has 104 valence electrons. The van der Waals surface area contributed by atoms with Gasteiger partial charge in [-0.25, -0.2) is 0 Å². The topological polar surface area (TPSA) is 63.3 Å².